The molecule has 0 aromatic carbocycles. The van der Waals surface area contributed by atoms with Crippen LogP contribution in [0.15, 0.2) is 18.3 Å². The zero-order chi connectivity index (χ0) is 10.6. The van der Waals surface area contributed by atoms with Crippen molar-refractivity contribution >= 4 is 0 Å². The minimum atomic E-state index is -0.857. The van der Waals surface area contributed by atoms with E-state index in [-0.39, 0.29) is 0 Å². The van der Waals surface area contributed by atoms with E-state index in [1.54, 1.807) is 25.4 Å². The van der Waals surface area contributed by atoms with E-state index in [2.05, 4.69) is 10.3 Å². The molecule has 1 aromatic heterocycles. The van der Waals surface area contributed by atoms with Gasteiger partial charge in [-0.3, -0.25) is 4.98 Å². The van der Waals surface area contributed by atoms with Crippen LogP contribution in [-0.4, -0.2) is 34.9 Å². The van der Waals surface area contributed by atoms with E-state index in [9.17, 15) is 10.2 Å². The van der Waals surface area contributed by atoms with Gasteiger partial charge in [-0.25, -0.2) is 0 Å². The van der Waals surface area contributed by atoms with Gasteiger partial charge in [0, 0.05) is 18.4 Å². The summed E-state index contributed by atoms with van der Waals surface area (Å²) in [6.45, 7) is 2.21. The van der Waals surface area contributed by atoms with Gasteiger partial charge in [0.25, 0.3) is 0 Å². The van der Waals surface area contributed by atoms with Gasteiger partial charge in [0.2, 0.25) is 0 Å². The third-order valence-corrected chi connectivity index (χ3v) is 2.04. The van der Waals surface area contributed by atoms with Crippen LogP contribution in [0.1, 0.15) is 17.4 Å². The Morgan fingerprint density at radius 3 is 2.79 bits per heavy atom. The second kappa shape index (κ2) is 5.05. The minimum Gasteiger partial charge on any atom is -0.389 e. The Labute approximate surface area is 83.6 Å². The molecule has 0 fully saturated rings. The number of hydrogen-bond donors (Lipinski definition) is 3. The lowest BCUT2D eigenvalue weighted by Gasteiger charge is -2.17. The highest BCUT2D eigenvalue weighted by Gasteiger charge is 2.17. The normalized spacial score (nSPS) is 15.1. The Morgan fingerprint density at radius 1 is 1.50 bits per heavy atom. The van der Waals surface area contributed by atoms with Gasteiger partial charge in [0.15, 0.2) is 0 Å². The molecule has 0 aliphatic heterocycles. The highest BCUT2D eigenvalue weighted by molar-refractivity contribution is 5.18. The van der Waals surface area contributed by atoms with Gasteiger partial charge in [-0.15, -0.1) is 0 Å². The Hall–Kier alpha value is -0.970. The maximum Gasteiger partial charge on any atom is 0.106 e. The second-order valence-electron chi connectivity index (χ2n) is 3.30. The summed E-state index contributed by atoms with van der Waals surface area (Å²) >= 11 is 0. The van der Waals surface area contributed by atoms with Crippen LogP contribution in [0, 0.1) is 6.92 Å². The molecule has 0 amide bonds. The first kappa shape index (κ1) is 11.1. The van der Waals surface area contributed by atoms with Crippen molar-refractivity contribution in [3.63, 3.8) is 0 Å². The van der Waals surface area contributed by atoms with Gasteiger partial charge in [0.1, 0.15) is 6.10 Å². The number of aromatic nitrogens is 1. The molecule has 14 heavy (non-hydrogen) atoms. The summed E-state index contributed by atoms with van der Waals surface area (Å²) in [4.78, 5) is 4.02. The molecular weight excluding hydrogens is 180 g/mol. The standard InChI is InChI=1S/C10H16N2O2/c1-7-5-8(3-4-12-7)10(14)9(13)6-11-2/h3-5,9-11,13-14H,6H2,1-2H3. The minimum absolute atomic E-state index is 0.364. The molecule has 1 rings (SSSR count). The first-order valence-corrected chi connectivity index (χ1v) is 4.58. The van der Waals surface area contributed by atoms with Crippen LogP contribution < -0.4 is 5.32 Å². The summed E-state index contributed by atoms with van der Waals surface area (Å²) in [7, 11) is 1.73. The number of hydrogen-bond acceptors (Lipinski definition) is 4. The van der Waals surface area contributed by atoms with Crippen molar-refractivity contribution in [2.75, 3.05) is 13.6 Å². The van der Waals surface area contributed by atoms with E-state index in [1.807, 2.05) is 6.92 Å². The van der Waals surface area contributed by atoms with Crippen LogP contribution in [-0.2, 0) is 0 Å². The number of aliphatic hydroxyl groups is 2. The van der Waals surface area contributed by atoms with Crippen LogP contribution >= 0.6 is 0 Å². The fourth-order valence-electron chi connectivity index (χ4n) is 1.29. The number of nitrogens with one attached hydrogen (secondary N) is 1. The number of nitrogens with zero attached hydrogens (tertiary/aromatic N) is 1. The molecule has 0 spiro atoms. The van der Waals surface area contributed by atoms with E-state index in [0.717, 1.165) is 5.69 Å². The van der Waals surface area contributed by atoms with E-state index in [4.69, 9.17) is 0 Å². The average Bonchev–Trinajstić information content (AvgIpc) is 2.17. The molecule has 2 atom stereocenters. The molecule has 78 valence electrons. The van der Waals surface area contributed by atoms with Crippen molar-refractivity contribution in [1.29, 1.82) is 0 Å². The van der Waals surface area contributed by atoms with Gasteiger partial charge in [-0.1, -0.05) is 0 Å². The van der Waals surface area contributed by atoms with E-state index in [1.165, 1.54) is 0 Å². The predicted octanol–water partition coefficient (Wildman–Crippen LogP) is 0.00372. The van der Waals surface area contributed by atoms with Gasteiger partial charge >= 0.3 is 0 Å². The van der Waals surface area contributed by atoms with Crippen molar-refractivity contribution in [3.05, 3.63) is 29.6 Å². The number of likely N-dealkylation sites (N-methyl/N-ethyl adjacent to an activating group) is 1. The number of aliphatic hydroxyl groups excluding tert-OH is 2. The first-order chi connectivity index (χ1) is 6.65. The summed E-state index contributed by atoms with van der Waals surface area (Å²) < 4.78 is 0. The average molecular weight is 196 g/mol. The molecule has 0 aliphatic carbocycles. The predicted molar refractivity (Wildman–Crippen MR) is 53.9 cm³/mol. The molecule has 1 heterocycles. The van der Waals surface area contributed by atoms with Crippen molar-refractivity contribution in [3.8, 4) is 0 Å². The quantitative estimate of drug-likeness (QED) is 0.634. The largest absolute Gasteiger partial charge is 0.389 e. The third-order valence-electron chi connectivity index (χ3n) is 2.04. The maximum atomic E-state index is 9.73. The number of aryl methyl sites for hydroxylation is 1. The summed E-state index contributed by atoms with van der Waals surface area (Å²) in [6, 6.07) is 3.47. The third kappa shape index (κ3) is 2.77. The molecule has 0 bridgehead atoms. The molecule has 0 radical (unpaired) electrons. The summed E-state index contributed by atoms with van der Waals surface area (Å²) in [5.41, 5.74) is 1.53. The Bertz CT molecular complexity index is 291. The molecule has 4 heteroatoms. The molecule has 3 N–H and O–H groups in total. The lowest BCUT2D eigenvalue weighted by molar-refractivity contribution is 0.0201. The monoisotopic (exact) mass is 196 g/mol. The fourth-order valence-corrected chi connectivity index (χ4v) is 1.29. The van der Waals surface area contributed by atoms with Crippen molar-refractivity contribution in [2.45, 2.75) is 19.1 Å². The van der Waals surface area contributed by atoms with Gasteiger partial charge < -0.3 is 15.5 Å². The van der Waals surface area contributed by atoms with Crippen LogP contribution in [0.4, 0.5) is 0 Å². The second-order valence-corrected chi connectivity index (χ2v) is 3.30. The lowest BCUT2D eigenvalue weighted by atomic mass is 10.1. The summed E-state index contributed by atoms with van der Waals surface area (Å²) in [5, 5.41) is 22.1. The molecular formula is C10H16N2O2. The van der Waals surface area contributed by atoms with Crippen LogP contribution in [0.2, 0.25) is 0 Å². The van der Waals surface area contributed by atoms with Crippen molar-refractivity contribution in [2.24, 2.45) is 0 Å². The maximum absolute atomic E-state index is 9.73. The van der Waals surface area contributed by atoms with E-state index in [0.29, 0.717) is 12.1 Å². The lowest BCUT2D eigenvalue weighted by Crippen LogP contribution is -2.29. The SMILES string of the molecule is CNCC(O)C(O)c1ccnc(C)c1. The smallest absolute Gasteiger partial charge is 0.106 e. The molecule has 0 aliphatic rings. The summed E-state index contributed by atoms with van der Waals surface area (Å²) in [5.74, 6) is 0. The van der Waals surface area contributed by atoms with Crippen LogP contribution in [0.25, 0.3) is 0 Å². The van der Waals surface area contributed by atoms with Crippen molar-refractivity contribution < 1.29 is 10.2 Å². The van der Waals surface area contributed by atoms with E-state index >= 15 is 0 Å². The van der Waals surface area contributed by atoms with Crippen LogP contribution in [0.3, 0.4) is 0 Å². The van der Waals surface area contributed by atoms with E-state index < -0.39 is 12.2 Å². The Morgan fingerprint density at radius 2 is 2.21 bits per heavy atom. The molecule has 0 saturated carbocycles. The zero-order valence-electron chi connectivity index (χ0n) is 8.44. The zero-order valence-corrected chi connectivity index (χ0v) is 8.44. The Kier molecular flexibility index (Phi) is 4.00. The van der Waals surface area contributed by atoms with Gasteiger partial charge in [-0.2, -0.15) is 0 Å². The molecule has 1 aromatic rings. The number of pyridine rings is 1. The first-order valence-electron chi connectivity index (χ1n) is 4.58. The summed E-state index contributed by atoms with van der Waals surface area (Å²) in [6.07, 6.45) is -0.0223. The fraction of sp³-hybridized carbons (Fsp3) is 0.500. The van der Waals surface area contributed by atoms with Crippen LogP contribution in [0.5, 0.6) is 0 Å². The number of rotatable bonds is 4. The molecule has 0 saturated heterocycles. The topological polar surface area (TPSA) is 65.4 Å². The highest BCUT2D eigenvalue weighted by atomic mass is 16.3. The van der Waals surface area contributed by atoms with Crippen molar-refractivity contribution in [1.82, 2.24) is 10.3 Å². The van der Waals surface area contributed by atoms with Gasteiger partial charge in [-0.05, 0) is 31.7 Å². The molecule has 4 nitrogen and oxygen atoms in total. The highest BCUT2D eigenvalue weighted by Crippen LogP contribution is 2.16. The molecule has 2 unspecified atom stereocenters. The van der Waals surface area contributed by atoms with Gasteiger partial charge in [0.05, 0.1) is 6.10 Å². The Balaban J connectivity index is 2.73.